The average Bonchev–Trinajstić information content (AvgIpc) is 3.05. The van der Waals surface area contributed by atoms with E-state index in [-0.39, 0.29) is 22.9 Å². The van der Waals surface area contributed by atoms with Crippen molar-refractivity contribution < 1.29 is 28.8 Å². The third kappa shape index (κ3) is 8.88. The van der Waals surface area contributed by atoms with Crippen molar-refractivity contribution in [3.8, 4) is 0 Å². The predicted octanol–water partition coefficient (Wildman–Crippen LogP) is 5.91. The number of ether oxygens (including phenoxy) is 1. The van der Waals surface area contributed by atoms with Crippen LogP contribution >= 0.6 is 11.8 Å². The number of para-hydroxylation sites is 1. The molecule has 0 heterocycles. The Morgan fingerprint density at radius 3 is 2.24 bits per heavy atom. The highest BCUT2D eigenvalue weighted by atomic mass is 32.2. The van der Waals surface area contributed by atoms with Gasteiger partial charge in [-0.3, -0.25) is 24.5 Å². The smallest absolute Gasteiger partial charge is 0.339 e. The number of nitro groups is 1. The number of hydrogen-bond acceptors (Lipinski definition) is 8. The van der Waals surface area contributed by atoms with Crippen LogP contribution in [-0.2, 0) is 14.3 Å². The van der Waals surface area contributed by atoms with Crippen LogP contribution in [0.3, 0.4) is 0 Å². The van der Waals surface area contributed by atoms with Gasteiger partial charge in [-0.2, -0.15) is 0 Å². The Morgan fingerprint density at radius 1 is 0.867 bits per heavy atom. The molecule has 1 atom stereocenters. The van der Waals surface area contributed by atoms with Crippen molar-refractivity contribution in [2.75, 3.05) is 17.7 Å². The lowest BCUT2D eigenvalue weighted by Crippen LogP contribution is -2.30. The molecule has 45 heavy (non-hydrogen) atoms. The third-order valence-corrected chi connectivity index (χ3v) is 7.40. The largest absolute Gasteiger partial charge is 0.465 e. The molecule has 4 aromatic carbocycles. The van der Waals surface area contributed by atoms with Gasteiger partial charge in [0.25, 0.3) is 17.5 Å². The first-order valence-electron chi connectivity index (χ1n) is 13.5. The lowest BCUT2D eigenvalue weighted by molar-refractivity contribution is -0.384. The molecule has 3 N–H and O–H groups in total. The number of methoxy groups -OCH3 is 1. The van der Waals surface area contributed by atoms with Crippen LogP contribution in [0, 0.1) is 10.1 Å². The number of amides is 3. The zero-order valence-corrected chi connectivity index (χ0v) is 25.0. The number of rotatable bonds is 11. The standard InChI is InChI=1S/C33H28N4O7S/c1-21(30(38)35-28-14-7-6-13-27(28)33(41)44-2)45-26-12-8-11-24(20-26)34-32(40)29(36-31(39)23-9-4-3-5-10-23)19-22-15-17-25(18-16-22)37(42)43/h3-21H,1-2H3,(H,34,40)(H,35,38)(H,36,39)/b29-19+. The zero-order valence-electron chi connectivity index (χ0n) is 24.2. The fourth-order valence-electron chi connectivity index (χ4n) is 4.02. The molecule has 0 bridgehead atoms. The van der Waals surface area contributed by atoms with Gasteiger partial charge in [-0.1, -0.05) is 36.4 Å². The van der Waals surface area contributed by atoms with Crippen LogP contribution in [0.15, 0.2) is 114 Å². The lowest BCUT2D eigenvalue weighted by atomic mass is 10.1. The second-order valence-electron chi connectivity index (χ2n) is 9.50. The molecule has 4 aromatic rings. The molecule has 0 fully saturated rings. The summed E-state index contributed by atoms with van der Waals surface area (Å²) >= 11 is 1.24. The average molecular weight is 625 g/mol. The summed E-state index contributed by atoms with van der Waals surface area (Å²) in [5, 5.41) is 18.6. The normalized spacial score (nSPS) is 11.6. The highest BCUT2D eigenvalue weighted by molar-refractivity contribution is 8.00. The van der Waals surface area contributed by atoms with Crippen molar-refractivity contribution in [2.45, 2.75) is 17.1 Å². The van der Waals surface area contributed by atoms with Gasteiger partial charge in [0.2, 0.25) is 5.91 Å². The Hall–Kier alpha value is -5.75. The minimum atomic E-state index is -0.634. The number of anilines is 2. The number of hydrogen-bond donors (Lipinski definition) is 3. The van der Waals surface area contributed by atoms with Crippen molar-refractivity contribution in [2.24, 2.45) is 0 Å². The number of thioether (sulfide) groups is 1. The Morgan fingerprint density at radius 2 is 1.56 bits per heavy atom. The minimum Gasteiger partial charge on any atom is -0.465 e. The molecule has 0 saturated carbocycles. The number of non-ortho nitro benzene ring substituents is 1. The van der Waals surface area contributed by atoms with Crippen LogP contribution in [0.1, 0.15) is 33.2 Å². The second kappa shape index (κ2) is 15.1. The summed E-state index contributed by atoms with van der Waals surface area (Å²) in [4.78, 5) is 62.5. The number of carbonyl (C=O) groups is 4. The van der Waals surface area contributed by atoms with Crippen molar-refractivity contribution in [1.82, 2.24) is 5.32 Å². The van der Waals surface area contributed by atoms with E-state index in [1.165, 1.54) is 49.2 Å². The van der Waals surface area contributed by atoms with E-state index in [0.717, 1.165) is 0 Å². The van der Waals surface area contributed by atoms with Gasteiger partial charge in [0.1, 0.15) is 5.70 Å². The summed E-state index contributed by atoms with van der Waals surface area (Å²) in [5.41, 5.74) is 1.54. The number of nitrogens with zero attached hydrogens (tertiary/aromatic N) is 1. The Balaban J connectivity index is 1.49. The topological polar surface area (TPSA) is 157 Å². The summed E-state index contributed by atoms with van der Waals surface area (Å²) in [6.45, 7) is 1.70. The fourth-order valence-corrected chi connectivity index (χ4v) is 4.95. The SMILES string of the molecule is COC(=O)c1ccccc1NC(=O)C(C)Sc1cccc(NC(=O)/C(=C\c2ccc([N+](=O)[O-])cc2)NC(=O)c2ccccc2)c1. The minimum absolute atomic E-state index is 0.0900. The molecule has 3 amide bonds. The van der Waals surface area contributed by atoms with Crippen LogP contribution in [0.4, 0.5) is 17.1 Å². The molecule has 12 heteroatoms. The van der Waals surface area contributed by atoms with Gasteiger partial charge < -0.3 is 20.7 Å². The van der Waals surface area contributed by atoms with Crippen molar-refractivity contribution >= 4 is 58.6 Å². The molecule has 4 rings (SSSR count). The molecule has 1 unspecified atom stereocenters. The molecule has 0 aliphatic heterocycles. The van der Waals surface area contributed by atoms with E-state index < -0.39 is 28.0 Å². The molecule has 0 aromatic heterocycles. The Labute approximate surface area is 262 Å². The molecular weight excluding hydrogens is 596 g/mol. The van der Waals surface area contributed by atoms with Gasteiger partial charge in [-0.15, -0.1) is 11.8 Å². The van der Waals surface area contributed by atoms with E-state index in [4.69, 9.17) is 4.74 Å². The monoisotopic (exact) mass is 624 g/mol. The number of esters is 1. The van der Waals surface area contributed by atoms with Gasteiger partial charge in [-0.05, 0) is 73.2 Å². The summed E-state index contributed by atoms with van der Waals surface area (Å²) in [6, 6.07) is 27.2. The molecular formula is C33H28N4O7S. The first kappa shape index (κ1) is 32.2. The van der Waals surface area contributed by atoms with Crippen LogP contribution < -0.4 is 16.0 Å². The van der Waals surface area contributed by atoms with E-state index in [1.807, 2.05) is 0 Å². The zero-order chi connectivity index (χ0) is 32.3. The molecule has 0 aliphatic carbocycles. The predicted molar refractivity (Wildman–Crippen MR) is 172 cm³/mol. The second-order valence-corrected chi connectivity index (χ2v) is 10.9. The Bertz CT molecular complexity index is 1760. The third-order valence-electron chi connectivity index (χ3n) is 6.31. The maximum absolute atomic E-state index is 13.4. The molecule has 228 valence electrons. The number of carbonyl (C=O) groups excluding carboxylic acids is 4. The van der Waals surface area contributed by atoms with Crippen molar-refractivity contribution in [3.63, 3.8) is 0 Å². The quantitative estimate of drug-likeness (QED) is 0.0611. The fraction of sp³-hybridized carbons (Fsp3) is 0.0909. The highest BCUT2D eigenvalue weighted by Crippen LogP contribution is 2.27. The molecule has 11 nitrogen and oxygen atoms in total. The van der Waals surface area contributed by atoms with Crippen LogP contribution in [0.25, 0.3) is 6.08 Å². The van der Waals surface area contributed by atoms with Crippen LogP contribution in [0.2, 0.25) is 0 Å². The summed E-state index contributed by atoms with van der Waals surface area (Å²) < 4.78 is 4.78. The maximum atomic E-state index is 13.4. The first-order valence-corrected chi connectivity index (χ1v) is 14.4. The van der Waals surface area contributed by atoms with Crippen LogP contribution in [0.5, 0.6) is 0 Å². The van der Waals surface area contributed by atoms with E-state index in [0.29, 0.717) is 27.4 Å². The van der Waals surface area contributed by atoms with Crippen LogP contribution in [-0.4, -0.2) is 41.0 Å². The lowest BCUT2D eigenvalue weighted by Gasteiger charge is -2.15. The molecule has 0 radical (unpaired) electrons. The number of nitrogens with one attached hydrogen (secondary N) is 3. The van der Waals surface area contributed by atoms with Gasteiger partial charge >= 0.3 is 5.97 Å². The summed E-state index contributed by atoms with van der Waals surface area (Å²) in [6.07, 6.45) is 1.41. The highest BCUT2D eigenvalue weighted by Gasteiger charge is 2.20. The van der Waals surface area contributed by atoms with Crippen molar-refractivity contribution in [1.29, 1.82) is 0 Å². The summed E-state index contributed by atoms with van der Waals surface area (Å²) in [7, 11) is 1.26. The van der Waals surface area contributed by atoms with Gasteiger partial charge in [0, 0.05) is 28.3 Å². The molecule has 0 aliphatic rings. The molecule has 0 saturated heterocycles. The van der Waals surface area contributed by atoms with Crippen molar-refractivity contribution in [3.05, 3.63) is 136 Å². The summed E-state index contributed by atoms with van der Waals surface area (Å²) in [5.74, 6) is -2.07. The van der Waals surface area contributed by atoms with Gasteiger partial charge in [0.15, 0.2) is 0 Å². The maximum Gasteiger partial charge on any atom is 0.339 e. The van der Waals surface area contributed by atoms with E-state index in [9.17, 15) is 29.3 Å². The number of nitro benzene ring substituents is 1. The van der Waals surface area contributed by atoms with E-state index >= 15 is 0 Å². The van der Waals surface area contributed by atoms with E-state index in [1.54, 1.807) is 85.8 Å². The van der Waals surface area contributed by atoms with E-state index in [2.05, 4.69) is 16.0 Å². The van der Waals surface area contributed by atoms with Gasteiger partial charge in [0.05, 0.1) is 28.5 Å². The number of benzene rings is 4. The Kier molecular flexibility index (Phi) is 10.8. The van der Waals surface area contributed by atoms with Gasteiger partial charge in [-0.25, -0.2) is 4.79 Å². The first-order chi connectivity index (χ1) is 21.6. The molecule has 0 spiro atoms.